The molecule has 0 aliphatic rings. The van der Waals surface area contributed by atoms with Gasteiger partial charge in [-0.05, 0) is 58.5 Å². The van der Waals surface area contributed by atoms with Gasteiger partial charge < -0.3 is 10.1 Å². The summed E-state index contributed by atoms with van der Waals surface area (Å²) in [7, 11) is 1.91. The molecule has 0 atom stereocenters. The van der Waals surface area contributed by atoms with Gasteiger partial charge in [-0.25, -0.2) is 0 Å². The Hall–Kier alpha value is -1.94. The van der Waals surface area contributed by atoms with Crippen LogP contribution in [0.1, 0.15) is 30.8 Å². The van der Waals surface area contributed by atoms with Gasteiger partial charge in [0.15, 0.2) is 5.75 Å². The van der Waals surface area contributed by atoms with Crippen molar-refractivity contribution in [3.63, 3.8) is 0 Å². The molecule has 0 bridgehead atoms. The molecule has 0 amide bonds. The van der Waals surface area contributed by atoms with Crippen molar-refractivity contribution in [3.8, 4) is 11.5 Å². The second-order valence-corrected chi connectivity index (χ2v) is 5.40. The molecule has 0 aromatic carbocycles. The Bertz CT molecular complexity index is 608. The van der Waals surface area contributed by atoms with Crippen LogP contribution in [-0.4, -0.2) is 17.0 Å². The van der Waals surface area contributed by atoms with Gasteiger partial charge in [0.1, 0.15) is 11.4 Å². The van der Waals surface area contributed by atoms with E-state index in [9.17, 15) is 0 Å². The van der Waals surface area contributed by atoms with E-state index in [2.05, 4.69) is 29.1 Å². The first-order valence-electron chi connectivity index (χ1n) is 6.69. The molecule has 0 radical (unpaired) electrons. The van der Waals surface area contributed by atoms with Crippen molar-refractivity contribution in [2.45, 2.75) is 33.2 Å². The molecule has 0 spiro atoms. The normalized spacial score (nSPS) is 11.4. The van der Waals surface area contributed by atoms with Crippen LogP contribution in [0, 0.1) is 13.8 Å². The summed E-state index contributed by atoms with van der Waals surface area (Å²) in [6, 6.07) is 5.79. The highest BCUT2D eigenvalue weighted by Crippen LogP contribution is 2.30. The fourth-order valence-corrected chi connectivity index (χ4v) is 1.86. The van der Waals surface area contributed by atoms with Crippen molar-refractivity contribution < 1.29 is 4.74 Å². The third kappa shape index (κ3) is 2.96. The third-order valence-electron chi connectivity index (χ3n) is 3.53. The van der Waals surface area contributed by atoms with Crippen LogP contribution in [0.25, 0.3) is 0 Å². The molecular formula is C16H21N3O. The number of rotatable bonds is 4. The van der Waals surface area contributed by atoms with Crippen LogP contribution >= 0.6 is 0 Å². The van der Waals surface area contributed by atoms with Crippen molar-refractivity contribution in [1.29, 1.82) is 0 Å². The second-order valence-electron chi connectivity index (χ2n) is 5.40. The van der Waals surface area contributed by atoms with Gasteiger partial charge >= 0.3 is 0 Å². The Labute approximate surface area is 120 Å². The SMILES string of the molecule is CNC(C)(C)c1ncccc1Oc1cnc(C)c(C)c1. The van der Waals surface area contributed by atoms with Crippen LogP contribution in [0.5, 0.6) is 11.5 Å². The molecule has 0 saturated heterocycles. The van der Waals surface area contributed by atoms with Gasteiger partial charge in [-0.1, -0.05) is 0 Å². The Morgan fingerprint density at radius 1 is 1.20 bits per heavy atom. The molecule has 2 aromatic heterocycles. The van der Waals surface area contributed by atoms with Crippen molar-refractivity contribution in [2.75, 3.05) is 7.05 Å². The summed E-state index contributed by atoms with van der Waals surface area (Å²) >= 11 is 0. The Morgan fingerprint density at radius 2 is 1.95 bits per heavy atom. The van der Waals surface area contributed by atoms with Gasteiger partial charge in [-0.2, -0.15) is 0 Å². The quantitative estimate of drug-likeness (QED) is 0.926. The molecule has 2 aromatic rings. The number of hydrogen-bond acceptors (Lipinski definition) is 4. The standard InChI is InChI=1S/C16H21N3O/c1-11-9-13(10-19-12(11)2)20-14-7-6-8-18-15(14)16(3,4)17-5/h6-10,17H,1-5H3. The van der Waals surface area contributed by atoms with Gasteiger partial charge in [0, 0.05) is 11.9 Å². The van der Waals surface area contributed by atoms with E-state index in [0.29, 0.717) is 0 Å². The maximum Gasteiger partial charge on any atom is 0.150 e. The first kappa shape index (κ1) is 14.5. The molecule has 0 aliphatic heterocycles. The zero-order chi connectivity index (χ0) is 14.8. The zero-order valence-electron chi connectivity index (χ0n) is 12.7. The highest BCUT2D eigenvalue weighted by Gasteiger charge is 2.24. The summed E-state index contributed by atoms with van der Waals surface area (Å²) in [5.41, 5.74) is 2.74. The highest BCUT2D eigenvalue weighted by molar-refractivity contribution is 5.37. The molecule has 2 rings (SSSR count). The van der Waals surface area contributed by atoms with E-state index in [1.165, 1.54) is 0 Å². The molecule has 106 valence electrons. The average Bonchev–Trinajstić information content (AvgIpc) is 2.43. The maximum absolute atomic E-state index is 5.97. The van der Waals surface area contributed by atoms with Gasteiger partial charge in [0.05, 0.1) is 11.7 Å². The summed E-state index contributed by atoms with van der Waals surface area (Å²) in [5.74, 6) is 1.48. The van der Waals surface area contributed by atoms with Crippen LogP contribution in [0.2, 0.25) is 0 Å². The summed E-state index contributed by atoms with van der Waals surface area (Å²) in [6.45, 7) is 8.15. The van der Waals surface area contributed by atoms with Crippen molar-refractivity contribution >= 4 is 0 Å². The van der Waals surface area contributed by atoms with Crippen molar-refractivity contribution in [1.82, 2.24) is 15.3 Å². The summed E-state index contributed by atoms with van der Waals surface area (Å²) in [5, 5.41) is 3.25. The first-order chi connectivity index (χ1) is 9.44. The van der Waals surface area contributed by atoms with Crippen molar-refractivity contribution in [3.05, 3.63) is 47.5 Å². The van der Waals surface area contributed by atoms with E-state index in [4.69, 9.17) is 4.74 Å². The number of hydrogen-bond donors (Lipinski definition) is 1. The minimum absolute atomic E-state index is 0.260. The summed E-state index contributed by atoms with van der Waals surface area (Å²) < 4.78 is 5.97. The molecule has 0 saturated carbocycles. The fourth-order valence-electron chi connectivity index (χ4n) is 1.86. The molecule has 0 aliphatic carbocycles. The molecule has 1 N–H and O–H groups in total. The molecule has 2 heterocycles. The average molecular weight is 271 g/mol. The van der Waals surface area contributed by atoms with E-state index in [0.717, 1.165) is 28.5 Å². The smallest absolute Gasteiger partial charge is 0.150 e. The molecule has 4 nitrogen and oxygen atoms in total. The Morgan fingerprint density at radius 3 is 2.60 bits per heavy atom. The predicted octanol–water partition coefficient (Wildman–Crippen LogP) is 3.34. The lowest BCUT2D eigenvalue weighted by atomic mass is 9.99. The van der Waals surface area contributed by atoms with E-state index < -0.39 is 0 Å². The van der Waals surface area contributed by atoms with Crippen molar-refractivity contribution in [2.24, 2.45) is 0 Å². The Balaban J connectivity index is 2.36. The number of ether oxygens (including phenoxy) is 1. The topological polar surface area (TPSA) is 47.0 Å². The lowest BCUT2D eigenvalue weighted by Crippen LogP contribution is -2.34. The second kappa shape index (κ2) is 5.59. The lowest BCUT2D eigenvalue weighted by Gasteiger charge is -2.25. The number of pyridine rings is 2. The zero-order valence-corrected chi connectivity index (χ0v) is 12.7. The van der Waals surface area contributed by atoms with Gasteiger partial charge in [-0.15, -0.1) is 0 Å². The number of aromatic nitrogens is 2. The molecule has 20 heavy (non-hydrogen) atoms. The summed E-state index contributed by atoms with van der Waals surface area (Å²) in [4.78, 5) is 8.78. The summed E-state index contributed by atoms with van der Waals surface area (Å²) in [6.07, 6.45) is 3.52. The largest absolute Gasteiger partial charge is 0.454 e. The molecule has 0 fully saturated rings. The minimum atomic E-state index is -0.260. The van der Waals surface area contributed by atoms with Crippen LogP contribution in [0.4, 0.5) is 0 Å². The Kier molecular flexibility index (Phi) is 4.04. The number of nitrogens with zero attached hydrogens (tertiary/aromatic N) is 2. The predicted molar refractivity (Wildman–Crippen MR) is 80.1 cm³/mol. The van der Waals surface area contributed by atoms with E-state index in [-0.39, 0.29) is 5.54 Å². The fraction of sp³-hybridized carbons (Fsp3) is 0.375. The maximum atomic E-state index is 5.97. The van der Waals surface area contributed by atoms with E-state index >= 15 is 0 Å². The van der Waals surface area contributed by atoms with Crippen LogP contribution in [0.15, 0.2) is 30.6 Å². The van der Waals surface area contributed by atoms with Crippen LogP contribution in [-0.2, 0) is 5.54 Å². The van der Waals surface area contributed by atoms with Crippen LogP contribution in [0.3, 0.4) is 0 Å². The lowest BCUT2D eigenvalue weighted by molar-refractivity contribution is 0.393. The van der Waals surface area contributed by atoms with Crippen LogP contribution < -0.4 is 10.1 Å². The highest BCUT2D eigenvalue weighted by atomic mass is 16.5. The molecule has 0 unspecified atom stereocenters. The van der Waals surface area contributed by atoms with E-state index in [1.807, 2.05) is 39.1 Å². The number of aryl methyl sites for hydroxylation is 2. The molecule has 4 heteroatoms. The van der Waals surface area contributed by atoms with Gasteiger partial charge in [0.2, 0.25) is 0 Å². The van der Waals surface area contributed by atoms with Gasteiger partial charge in [0.25, 0.3) is 0 Å². The third-order valence-corrected chi connectivity index (χ3v) is 3.53. The first-order valence-corrected chi connectivity index (χ1v) is 6.69. The minimum Gasteiger partial charge on any atom is -0.454 e. The monoisotopic (exact) mass is 271 g/mol. The van der Waals surface area contributed by atoms with E-state index in [1.54, 1.807) is 12.4 Å². The number of nitrogens with one attached hydrogen (secondary N) is 1. The van der Waals surface area contributed by atoms with Gasteiger partial charge in [-0.3, -0.25) is 9.97 Å². The molecular weight excluding hydrogens is 250 g/mol.